The van der Waals surface area contributed by atoms with Gasteiger partial charge in [0.15, 0.2) is 5.16 Å². The molecule has 0 spiro atoms. The Morgan fingerprint density at radius 2 is 2.26 bits per heavy atom. The largest absolute Gasteiger partial charge is 0.465 e. The summed E-state index contributed by atoms with van der Waals surface area (Å²) in [5, 5.41) is 5.60. The molecule has 1 aromatic heterocycles. The zero-order valence-electron chi connectivity index (χ0n) is 12.6. The number of fused-ring (bicyclic) bond motifs is 1. The number of hydrogen-bond donors (Lipinski definition) is 1. The molecule has 0 amide bonds. The fourth-order valence-electron chi connectivity index (χ4n) is 2.51. The zero-order chi connectivity index (χ0) is 16.6. The minimum Gasteiger partial charge on any atom is -0.465 e. The highest BCUT2D eigenvalue weighted by molar-refractivity contribution is 8.00. The molecule has 1 fully saturated rings. The molecule has 0 radical (unpaired) electrons. The molecule has 0 aliphatic carbocycles. The average molecular weight is 355 g/mol. The summed E-state index contributed by atoms with van der Waals surface area (Å²) in [4.78, 5) is 16.2. The van der Waals surface area contributed by atoms with E-state index in [9.17, 15) is 13.2 Å². The Kier molecular flexibility index (Phi) is 4.35. The molecular weight excluding hydrogens is 338 g/mol. The quantitative estimate of drug-likeness (QED) is 0.815. The van der Waals surface area contributed by atoms with E-state index in [0.29, 0.717) is 23.7 Å². The normalized spacial score (nSPS) is 18.5. The number of aromatic nitrogens is 2. The van der Waals surface area contributed by atoms with Gasteiger partial charge in [-0.15, -0.1) is 0 Å². The van der Waals surface area contributed by atoms with E-state index >= 15 is 0 Å². The maximum atomic E-state index is 11.7. The monoisotopic (exact) mass is 355 g/mol. The Hall–Kier alpha value is -1.58. The summed E-state index contributed by atoms with van der Waals surface area (Å²) in [6.07, 6.45) is 1.55. The van der Waals surface area contributed by atoms with Crippen LogP contribution in [-0.2, 0) is 26.1 Å². The van der Waals surface area contributed by atoms with Crippen molar-refractivity contribution in [1.82, 2.24) is 9.55 Å². The maximum absolute atomic E-state index is 11.7. The number of aryl methyl sites for hydroxylation is 1. The van der Waals surface area contributed by atoms with Crippen molar-refractivity contribution < 1.29 is 17.9 Å². The Morgan fingerprint density at radius 1 is 1.48 bits per heavy atom. The third-order valence-corrected chi connectivity index (χ3v) is 5.74. The third-order valence-electron chi connectivity index (χ3n) is 3.60. The van der Waals surface area contributed by atoms with Crippen LogP contribution in [0.3, 0.4) is 0 Å². The number of esters is 1. The predicted octanol–water partition coefficient (Wildman–Crippen LogP) is 1.50. The Morgan fingerprint density at radius 3 is 2.87 bits per heavy atom. The molecule has 2 N–H and O–H groups in total. The number of primary sulfonamides is 1. The van der Waals surface area contributed by atoms with Crippen LogP contribution in [0, 0.1) is 0 Å². The molecule has 2 aromatic rings. The highest BCUT2D eigenvalue weighted by Crippen LogP contribution is 2.32. The number of ether oxygens (including phenoxy) is 1. The highest BCUT2D eigenvalue weighted by Gasteiger charge is 2.29. The number of rotatable bonds is 5. The molecule has 7 nitrogen and oxygen atoms in total. The van der Waals surface area contributed by atoms with E-state index in [0.717, 1.165) is 18.5 Å². The van der Waals surface area contributed by atoms with Crippen molar-refractivity contribution in [3.63, 3.8) is 0 Å². The second-order valence-electron chi connectivity index (χ2n) is 5.30. The zero-order valence-corrected chi connectivity index (χ0v) is 14.2. The van der Waals surface area contributed by atoms with Gasteiger partial charge < -0.3 is 9.30 Å². The molecule has 9 heteroatoms. The van der Waals surface area contributed by atoms with Gasteiger partial charge in [0.1, 0.15) is 5.25 Å². The molecular formula is C14H17N3O4S2. The molecule has 1 atom stereocenters. The van der Waals surface area contributed by atoms with Crippen molar-refractivity contribution in [3.8, 4) is 0 Å². The van der Waals surface area contributed by atoms with E-state index in [1.165, 1.54) is 23.9 Å². The lowest BCUT2D eigenvalue weighted by atomic mass is 10.3. The molecule has 1 aliphatic rings. The van der Waals surface area contributed by atoms with Crippen LogP contribution in [0.2, 0.25) is 0 Å². The Bertz CT molecular complexity index is 860. The minimum absolute atomic E-state index is 0.0305. The summed E-state index contributed by atoms with van der Waals surface area (Å²) < 4.78 is 30.0. The van der Waals surface area contributed by atoms with Crippen LogP contribution in [-0.4, -0.2) is 35.8 Å². The predicted molar refractivity (Wildman–Crippen MR) is 86.6 cm³/mol. The van der Waals surface area contributed by atoms with E-state index in [1.807, 2.05) is 11.5 Å². The van der Waals surface area contributed by atoms with Crippen LogP contribution >= 0.6 is 11.8 Å². The number of thioether (sulfide) groups is 1. The van der Waals surface area contributed by atoms with Crippen LogP contribution in [0.1, 0.15) is 19.8 Å². The van der Waals surface area contributed by atoms with Gasteiger partial charge in [-0.2, -0.15) is 0 Å². The summed E-state index contributed by atoms with van der Waals surface area (Å²) in [5.41, 5.74) is 1.38. The van der Waals surface area contributed by atoms with E-state index in [1.54, 1.807) is 6.07 Å². The SMILES string of the molecule is CCCn1c(S[C@H]2CCOC2=O)nc2cc(S(N)(=O)=O)ccc21. The van der Waals surface area contributed by atoms with Crippen LogP contribution in [0.25, 0.3) is 11.0 Å². The first-order valence-electron chi connectivity index (χ1n) is 7.26. The van der Waals surface area contributed by atoms with E-state index in [-0.39, 0.29) is 16.1 Å². The smallest absolute Gasteiger partial charge is 0.319 e. The van der Waals surface area contributed by atoms with E-state index in [4.69, 9.17) is 9.88 Å². The van der Waals surface area contributed by atoms with Gasteiger partial charge in [-0.25, -0.2) is 18.5 Å². The van der Waals surface area contributed by atoms with Crippen molar-refractivity contribution in [2.45, 2.75) is 41.6 Å². The lowest BCUT2D eigenvalue weighted by Gasteiger charge is -2.09. The van der Waals surface area contributed by atoms with Gasteiger partial charge in [-0.05, 0) is 24.6 Å². The van der Waals surface area contributed by atoms with Crippen molar-refractivity contribution in [3.05, 3.63) is 18.2 Å². The van der Waals surface area contributed by atoms with Gasteiger partial charge in [0, 0.05) is 13.0 Å². The van der Waals surface area contributed by atoms with Gasteiger partial charge in [0.2, 0.25) is 10.0 Å². The molecule has 23 heavy (non-hydrogen) atoms. The standard InChI is InChI=1S/C14H17N3O4S2/c1-2-6-17-11-4-3-9(23(15,19)20)8-10(11)16-14(17)22-12-5-7-21-13(12)18/h3-4,8,12H,2,5-7H2,1H3,(H2,15,19,20)/t12-/m0/s1. The second-order valence-corrected chi connectivity index (χ2v) is 8.04. The molecule has 0 saturated carbocycles. The molecule has 1 saturated heterocycles. The van der Waals surface area contributed by atoms with Crippen molar-refractivity contribution in [1.29, 1.82) is 0 Å². The average Bonchev–Trinajstić information content (AvgIpc) is 3.03. The lowest BCUT2D eigenvalue weighted by Crippen LogP contribution is -2.12. The summed E-state index contributed by atoms with van der Waals surface area (Å²) in [6, 6.07) is 4.65. The molecule has 3 rings (SSSR count). The number of imidazole rings is 1. The van der Waals surface area contributed by atoms with Crippen LogP contribution in [0.4, 0.5) is 0 Å². The number of nitrogens with two attached hydrogens (primary N) is 1. The highest BCUT2D eigenvalue weighted by atomic mass is 32.2. The van der Waals surface area contributed by atoms with Crippen LogP contribution in [0.15, 0.2) is 28.3 Å². The number of nitrogens with zero attached hydrogens (tertiary/aromatic N) is 2. The molecule has 124 valence electrons. The fourth-order valence-corrected chi connectivity index (χ4v) is 4.14. The van der Waals surface area contributed by atoms with Crippen LogP contribution < -0.4 is 5.14 Å². The van der Waals surface area contributed by atoms with Gasteiger partial charge in [0.05, 0.1) is 22.5 Å². The topological polar surface area (TPSA) is 104 Å². The molecule has 0 unspecified atom stereocenters. The molecule has 1 aromatic carbocycles. The van der Waals surface area contributed by atoms with E-state index in [2.05, 4.69) is 4.98 Å². The number of carbonyl (C=O) groups excluding carboxylic acids is 1. The van der Waals surface area contributed by atoms with Gasteiger partial charge >= 0.3 is 5.97 Å². The second kappa shape index (κ2) is 6.14. The van der Waals surface area contributed by atoms with Gasteiger partial charge in [-0.1, -0.05) is 18.7 Å². The first-order valence-corrected chi connectivity index (χ1v) is 9.69. The Balaban J connectivity index is 2.05. The Labute approximate surface area is 138 Å². The first kappa shape index (κ1) is 16.3. The summed E-state index contributed by atoms with van der Waals surface area (Å²) in [6.45, 7) is 3.21. The first-order chi connectivity index (χ1) is 10.9. The summed E-state index contributed by atoms with van der Waals surface area (Å²) in [7, 11) is -3.77. The van der Waals surface area contributed by atoms with E-state index < -0.39 is 10.0 Å². The minimum atomic E-state index is -3.77. The van der Waals surface area contributed by atoms with Crippen molar-refractivity contribution in [2.24, 2.45) is 5.14 Å². The number of carbonyl (C=O) groups is 1. The van der Waals surface area contributed by atoms with Gasteiger partial charge in [-0.3, -0.25) is 4.79 Å². The number of sulfonamides is 1. The third kappa shape index (κ3) is 3.22. The summed E-state index contributed by atoms with van der Waals surface area (Å²) in [5.74, 6) is -0.227. The maximum Gasteiger partial charge on any atom is 0.319 e. The summed E-state index contributed by atoms with van der Waals surface area (Å²) >= 11 is 1.36. The fraction of sp³-hybridized carbons (Fsp3) is 0.429. The number of hydrogen-bond acceptors (Lipinski definition) is 6. The van der Waals surface area contributed by atoms with Crippen molar-refractivity contribution >= 4 is 38.8 Å². The molecule has 0 bridgehead atoms. The number of benzene rings is 1. The number of cyclic esters (lactones) is 1. The lowest BCUT2D eigenvalue weighted by molar-refractivity contribution is -0.137. The van der Waals surface area contributed by atoms with Crippen LogP contribution in [0.5, 0.6) is 0 Å². The molecule has 1 aliphatic heterocycles. The van der Waals surface area contributed by atoms with Gasteiger partial charge in [0.25, 0.3) is 0 Å². The molecule has 2 heterocycles. The van der Waals surface area contributed by atoms with Crippen molar-refractivity contribution in [2.75, 3.05) is 6.61 Å².